The average molecular weight is 356 g/mol. The predicted molar refractivity (Wildman–Crippen MR) is 92.3 cm³/mol. The summed E-state index contributed by atoms with van der Waals surface area (Å²) in [5, 5.41) is 0. The molecule has 0 spiro atoms. The van der Waals surface area contributed by atoms with Gasteiger partial charge in [-0.2, -0.15) is 13.2 Å². The monoisotopic (exact) mass is 356 g/mol. The van der Waals surface area contributed by atoms with Crippen LogP contribution < -0.4 is 0 Å². The first kappa shape index (κ1) is 21.4. The fourth-order valence-electron chi connectivity index (χ4n) is 2.31. The zero-order valence-corrected chi connectivity index (χ0v) is 15.8. The summed E-state index contributed by atoms with van der Waals surface area (Å²) in [6.45, 7) is 10.8. The molecule has 0 saturated heterocycles. The van der Waals surface area contributed by atoms with Crippen molar-refractivity contribution in [2.75, 3.05) is 0 Å². The molecule has 0 N–H and O–H groups in total. The van der Waals surface area contributed by atoms with Crippen molar-refractivity contribution in [1.82, 2.24) is 0 Å². The van der Waals surface area contributed by atoms with Crippen molar-refractivity contribution in [2.45, 2.75) is 66.5 Å². The lowest BCUT2D eigenvalue weighted by Gasteiger charge is -2.25. The predicted octanol–water partition coefficient (Wildman–Crippen LogP) is 5.80. The van der Waals surface area contributed by atoms with Gasteiger partial charge in [-0.05, 0) is 23.6 Å². The zero-order chi connectivity index (χ0) is 19.6. The van der Waals surface area contributed by atoms with Crippen LogP contribution in [-0.2, 0) is 15.8 Å². The minimum absolute atomic E-state index is 0.0147. The minimum atomic E-state index is -4.41. The van der Waals surface area contributed by atoms with Gasteiger partial charge >= 0.3 is 6.18 Å². The fourth-order valence-corrected chi connectivity index (χ4v) is 2.31. The van der Waals surface area contributed by atoms with Gasteiger partial charge in [0.25, 0.3) is 0 Å². The molecule has 0 bridgehead atoms. The Morgan fingerprint density at radius 1 is 0.800 bits per heavy atom. The molecule has 1 aromatic rings. The van der Waals surface area contributed by atoms with E-state index in [0.29, 0.717) is 5.56 Å². The average Bonchev–Trinajstić information content (AvgIpc) is 2.43. The number of halogens is 3. The normalized spacial score (nSPS) is 13.2. The number of alkyl halides is 3. The first-order valence-electron chi connectivity index (χ1n) is 8.36. The molecule has 2 nitrogen and oxygen atoms in total. The summed E-state index contributed by atoms with van der Waals surface area (Å²) in [6, 6.07) is 4.76. The molecule has 0 saturated carbocycles. The highest BCUT2D eigenvalue weighted by Crippen LogP contribution is 2.34. The lowest BCUT2D eigenvalue weighted by atomic mass is 9.78. The Balaban J connectivity index is 3.13. The third kappa shape index (κ3) is 6.29. The lowest BCUT2D eigenvalue weighted by Crippen LogP contribution is -2.26. The van der Waals surface area contributed by atoms with Crippen molar-refractivity contribution in [2.24, 2.45) is 10.8 Å². The molecule has 0 fully saturated rings. The molecule has 0 heterocycles. The number of benzene rings is 1. The Kier molecular flexibility index (Phi) is 6.25. The summed E-state index contributed by atoms with van der Waals surface area (Å²) in [6.07, 6.45) is -4.14. The maximum atomic E-state index is 12.7. The van der Waals surface area contributed by atoms with E-state index < -0.39 is 28.5 Å². The van der Waals surface area contributed by atoms with Gasteiger partial charge in [0.15, 0.2) is 0 Å². The third-order valence-electron chi connectivity index (χ3n) is 4.25. The molecule has 0 aliphatic heterocycles. The van der Waals surface area contributed by atoms with Crippen LogP contribution in [0.3, 0.4) is 0 Å². The highest BCUT2D eigenvalue weighted by molar-refractivity contribution is 5.87. The highest BCUT2D eigenvalue weighted by Gasteiger charge is 2.32. The van der Waals surface area contributed by atoms with Crippen molar-refractivity contribution in [3.8, 4) is 0 Å². The number of rotatable bonds is 5. The van der Waals surface area contributed by atoms with Gasteiger partial charge < -0.3 is 0 Å². The van der Waals surface area contributed by atoms with Gasteiger partial charge in [0.05, 0.1) is 5.56 Å². The molecule has 0 amide bonds. The van der Waals surface area contributed by atoms with Gasteiger partial charge in [-0.15, -0.1) is 0 Å². The Morgan fingerprint density at radius 2 is 1.16 bits per heavy atom. The van der Waals surface area contributed by atoms with Gasteiger partial charge in [0, 0.05) is 23.7 Å². The summed E-state index contributed by atoms with van der Waals surface area (Å²) in [5.74, 6) is -0.445. The summed E-state index contributed by atoms with van der Waals surface area (Å²) in [4.78, 5) is 24.8. The first-order chi connectivity index (χ1) is 11.1. The standard InChI is InChI=1S/C20H27F3O2/c1-18(2,3)16(24)11-14(12-17(25)19(4,5)6)13-7-9-15(10-8-13)20(21,22)23/h7-10,14H,11-12H2,1-6H3. The largest absolute Gasteiger partial charge is 0.416 e. The second-order valence-electron chi connectivity index (χ2n) is 8.57. The van der Waals surface area contributed by atoms with E-state index in [-0.39, 0.29) is 24.4 Å². The number of carbonyl (C=O) groups is 2. The quantitative estimate of drug-likeness (QED) is 0.668. The third-order valence-corrected chi connectivity index (χ3v) is 4.25. The van der Waals surface area contributed by atoms with Gasteiger partial charge in [-0.1, -0.05) is 53.7 Å². The van der Waals surface area contributed by atoms with Gasteiger partial charge in [-0.3, -0.25) is 9.59 Å². The van der Waals surface area contributed by atoms with E-state index in [1.165, 1.54) is 12.1 Å². The minimum Gasteiger partial charge on any atom is -0.299 e. The van der Waals surface area contributed by atoms with E-state index in [1.54, 1.807) is 41.5 Å². The Morgan fingerprint density at radius 3 is 1.44 bits per heavy atom. The topological polar surface area (TPSA) is 34.1 Å². The summed E-state index contributed by atoms with van der Waals surface area (Å²) in [5.41, 5.74) is -1.27. The van der Waals surface area contributed by atoms with Crippen LogP contribution in [0.4, 0.5) is 13.2 Å². The van der Waals surface area contributed by atoms with E-state index in [4.69, 9.17) is 0 Å². The number of carbonyl (C=O) groups excluding carboxylic acids is 2. The Bertz CT molecular complexity index is 586. The summed E-state index contributed by atoms with van der Waals surface area (Å²) < 4.78 is 38.2. The van der Waals surface area contributed by atoms with E-state index >= 15 is 0 Å². The molecule has 140 valence electrons. The van der Waals surface area contributed by atoms with Crippen LogP contribution in [0.15, 0.2) is 24.3 Å². The molecule has 0 unspecified atom stereocenters. The van der Waals surface area contributed by atoms with E-state index in [1.807, 2.05) is 0 Å². The zero-order valence-electron chi connectivity index (χ0n) is 15.8. The summed E-state index contributed by atoms with van der Waals surface area (Å²) in [7, 11) is 0. The molecule has 0 atom stereocenters. The molecule has 5 heteroatoms. The smallest absolute Gasteiger partial charge is 0.299 e. The fraction of sp³-hybridized carbons (Fsp3) is 0.600. The van der Waals surface area contributed by atoms with Gasteiger partial charge in [0.1, 0.15) is 11.6 Å². The molecule has 0 aliphatic rings. The first-order valence-corrected chi connectivity index (χ1v) is 8.36. The maximum absolute atomic E-state index is 12.7. The lowest BCUT2D eigenvalue weighted by molar-refractivity contribution is -0.137. The number of ketones is 2. The van der Waals surface area contributed by atoms with E-state index in [9.17, 15) is 22.8 Å². The van der Waals surface area contributed by atoms with Crippen LogP contribution >= 0.6 is 0 Å². The number of hydrogen-bond donors (Lipinski definition) is 0. The van der Waals surface area contributed by atoms with E-state index in [0.717, 1.165) is 12.1 Å². The summed E-state index contributed by atoms with van der Waals surface area (Å²) >= 11 is 0. The second-order valence-corrected chi connectivity index (χ2v) is 8.57. The number of Topliss-reactive ketones (excluding diaryl/α,β-unsaturated/α-hetero) is 2. The van der Waals surface area contributed by atoms with Crippen LogP contribution in [0.25, 0.3) is 0 Å². The molecule has 0 radical (unpaired) electrons. The molecule has 0 aromatic heterocycles. The van der Waals surface area contributed by atoms with Crippen LogP contribution in [0.5, 0.6) is 0 Å². The maximum Gasteiger partial charge on any atom is 0.416 e. The molecular weight excluding hydrogens is 329 g/mol. The van der Waals surface area contributed by atoms with Crippen LogP contribution in [0.2, 0.25) is 0 Å². The van der Waals surface area contributed by atoms with Crippen molar-refractivity contribution in [3.05, 3.63) is 35.4 Å². The molecule has 0 aliphatic carbocycles. The van der Waals surface area contributed by atoms with Crippen LogP contribution in [0, 0.1) is 10.8 Å². The van der Waals surface area contributed by atoms with Crippen molar-refractivity contribution >= 4 is 11.6 Å². The number of hydrogen-bond acceptors (Lipinski definition) is 2. The second kappa shape index (κ2) is 7.30. The Hall–Kier alpha value is -1.65. The van der Waals surface area contributed by atoms with Crippen molar-refractivity contribution < 1.29 is 22.8 Å². The SMILES string of the molecule is CC(C)(C)C(=O)CC(CC(=O)C(C)(C)C)c1ccc(C(F)(F)F)cc1. The van der Waals surface area contributed by atoms with E-state index in [2.05, 4.69) is 0 Å². The molecule has 1 aromatic carbocycles. The molecule has 25 heavy (non-hydrogen) atoms. The molecular formula is C20H27F3O2. The van der Waals surface area contributed by atoms with Crippen molar-refractivity contribution in [1.29, 1.82) is 0 Å². The van der Waals surface area contributed by atoms with Gasteiger partial charge in [0.2, 0.25) is 0 Å². The van der Waals surface area contributed by atoms with Crippen LogP contribution in [-0.4, -0.2) is 11.6 Å². The highest BCUT2D eigenvalue weighted by atomic mass is 19.4. The molecule has 1 rings (SSSR count). The Labute approximate surface area is 147 Å². The van der Waals surface area contributed by atoms with Crippen molar-refractivity contribution in [3.63, 3.8) is 0 Å². The van der Waals surface area contributed by atoms with Gasteiger partial charge in [-0.25, -0.2) is 0 Å². The van der Waals surface area contributed by atoms with Crippen LogP contribution in [0.1, 0.15) is 71.4 Å².